The Hall–Kier alpha value is -0.960. The molecule has 1 saturated carbocycles. The first-order valence-corrected chi connectivity index (χ1v) is 6.35. The summed E-state index contributed by atoms with van der Waals surface area (Å²) in [6.45, 7) is 2.83. The molecule has 0 spiro atoms. The van der Waals surface area contributed by atoms with Crippen LogP contribution in [-0.2, 0) is 6.54 Å². The van der Waals surface area contributed by atoms with Gasteiger partial charge in [0.05, 0.1) is 11.4 Å². The van der Waals surface area contributed by atoms with Crippen LogP contribution in [0, 0.1) is 6.92 Å². The molecule has 0 aromatic carbocycles. The largest absolute Gasteiger partial charge is 0.308 e. The van der Waals surface area contributed by atoms with E-state index in [1.165, 1.54) is 38.5 Å². The van der Waals surface area contributed by atoms with E-state index in [1.54, 1.807) is 0 Å². The van der Waals surface area contributed by atoms with Crippen LogP contribution in [0.1, 0.15) is 49.9 Å². The van der Waals surface area contributed by atoms with Gasteiger partial charge in [-0.2, -0.15) is 0 Å². The number of rotatable bonds is 3. The zero-order valence-electron chi connectivity index (χ0n) is 10.1. The summed E-state index contributed by atoms with van der Waals surface area (Å²) in [7, 11) is 0. The highest BCUT2D eigenvalue weighted by molar-refractivity contribution is 5.00. The zero-order valence-corrected chi connectivity index (χ0v) is 10.1. The smallest absolute Gasteiger partial charge is 0.0724 e. The van der Waals surface area contributed by atoms with Crippen molar-refractivity contribution in [3.05, 3.63) is 23.8 Å². The molecule has 1 fully saturated rings. The van der Waals surface area contributed by atoms with Crippen LogP contribution in [0.2, 0.25) is 0 Å². The van der Waals surface area contributed by atoms with Crippen LogP contribution < -0.4 is 5.32 Å². The molecule has 2 rings (SSSR count). The summed E-state index contributed by atoms with van der Waals surface area (Å²) in [6, 6.07) is 0.686. The highest BCUT2D eigenvalue weighted by atomic mass is 14.9. The number of hydrogen-bond acceptors (Lipinski definition) is 3. The maximum Gasteiger partial charge on any atom is 0.0724 e. The van der Waals surface area contributed by atoms with E-state index in [-0.39, 0.29) is 0 Å². The van der Waals surface area contributed by atoms with Gasteiger partial charge in [-0.15, -0.1) is 0 Å². The van der Waals surface area contributed by atoms with Crippen LogP contribution in [0.5, 0.6) is 0 Å². The second-order valence-electron chi connectivity index (χ2n) is 4.72. The Morgan fingerprint density at radius 1 is 1.12 bits per heavy atom. The second-order valence-corrected chi connectivity index (χ2v) is 4.72. The fourth-order valence-electron chi connectivity index (χ4n) is 2.24. The lowest BCUT2D eigenvalue weighted by Gasteiger charge is -2.15. The number of nitrogens with zero attached hydrogens (tertiary/aromatic N) is 2. The second kappa shape index (κ2) is 5.94. The molecule has 88 valence electrons. The molecule has 1 aromatic rings. The summed E-state index contributed by atoms with van der Waals surface area (Å²) in [5, 5.41) is 3.59. The molecule has 16 heavy (non-hydrogen) atoms. The third-order valence-electron chi connectivity index (χ3n) is 3.26. The zero-order chi connectivity index (χ0) is 11.2. The lowest BCUT2D eigenvalue weighted by Crippen LogP contribution is -2.28. The molecule has 3 heteroatoms. The van der Waals surface area contributed by atoms with Crippen molar-refractivity contribution in [2.24, 2.45) is 0 Å². The molecule has 0 amide bonds. The minimum absolute atomic E-state index is 0.686. The molecule has 1 aromatic heterocycles. The average Bonchev–Trinajstić information content (AvgIpc) is 2.57. The molecule has 0 saturated heterocycles. The van der Waals surface area contributed by atoms with E-state index in [0.29, 0.717) is 6.04 Å². The third kappa shape index (κ3) is 3.56. The Kier molecular flexibility index (Phi) is 4.28. The van der Waals surface area contributed by atoms with Crippen molar-refractivity contribution >= 4 is 0 Å². The van der Waals surface area contributed by atoms with Crippen LogP contribution in [0.25, 0.3) is 0 Å². The minimum Gasteiger partial charge on any atom is -0.308 e. The third-order valence-corrected chi connectivity index (χ3v) is 3.26. The average molecular weight is 219 g/mol. The first kappa shape index (κ1) is 11.5. The monoisotopic (exact) mass is 219 g/mol. The Bertz CT molecular complexity index is 299. The van der Waals surface area contributed by atoms with Gasteiger partial charge in [0.2, 0.25) is 0 Å². The molecule has 1 aliphatic carbocycles. The van der Waals surface area contributed by atoms with Crippen LogP contribution in [0.3, 0.4) is 0 Å². The Balaban J connectivity index is 1.79. The number of hydrogen-bond donors (Lipinski definition) is 1. The van der Waals surface area contributed by atoms with E-state index >= 15 is 0 Å². The predicted molar refractivity (Wildman–Crippen MR) is 65.1 cm³/mol. The maximum absolute atomic E-state index is 4.36. The van der Waals surface area contributed by atoms with E-state index in [1.807, 2.05) is 19.3 Å². The summed E-state index contributed by atoms with van der Waals surface area (Å²) in [5.74, 6) is 0. The summed E-state index contributed by atoms with van der Waals surface area (Å²) >= 11 is 0. The van der Waals surface area contributed by atoms with Crippen LogP contribution in [0.4, 0.5) is 0 Å². The lowest BCUT2D eigenvalue weighted by molar-refractivity contribution is 0.455. The lowest BCUT2D eigenvalue weighted by atomic mass is 10.1. The van der Waals surface area contributed by atoms with Crippen LogP contribution >= 0.6 is 0 Å². The van der Waals surface area contributed by atoms with Gasteiger partial charge < -0.3 is 5.32 Å². The van der Waals surface area contributed by atoms with Crippen molar-refractivity contribution in [3.63, 3.8) is 0 Å². The number of aryl methyl sites for hydroxylation is 1. The molecule has 0 atom stereocenters. The molecule has 1 aliphatic rings. The highest BCUT2D eigenvalue weighted by Gasteiger charge is 2.11. The normalized spacial score (nSPS) is 18.3. The van der Waals surface area contributed by atoms with Gasteiger partial charge in [0.1, 0.15) is 0 Å². The Morgan fingerprint density at radius 2 is 1.88 bits per heavy atom. The summed E-state index contributed by atoms with van der Waals surface area (Å²) in [5.41, 5.74) is 2.04. The molecular weight excluding hydrogens is 198 g/mol. The fourth-order valence-corrected chi connectivity index (χ4v) is 2.24. The van der Waals surface area contributed by atoms with Crippen LogP contribution in [-0.4, -0.2) is 16.0 Å². The molecule has 1 heterocycles. The van der Waals surface area contributed by atoms with Gasteiger partial charge in [-0.25, -0.2) is 0 Å². The molecule has 0 bridgehead atoms. The molecule has 1 N–H and O–H groups in total. The van der Waals surface area contributed by atoms with E-state index < -0.39 is 0 Å². The highest BCUT2D eigenvalue weighted by Crippen LogP contribution is 2.17. The van der Waals surface area contributed by atoms with Gasteiger partial charge >= 0.3 is 0 Å². The Labute approximate surface area is 97.7 Å². The molecule has 3 nitrogen and oxygen atoms in total. The summed E-state index contributed by atoms with van der Waals surface area (Å²) < 4.78 is 0. The Morgan fingerprint density at radius 3 is 2.50 bits per heavy atom. The van der Waals surface area contributed by atoms with Crippen molar-refractivity contribution in [1.29, 1.82) is 0 Å². The van der Waals surface area contributed by atoms with Gasteiger partial charge in [-0.05, 0) is 19.8 Å². The van der Waals surface area contributed by atoms with E-state index in [9.17, 15) is 0 Å². The van der Waals surface area contributed by atoms with Crippen molar-refractivity contribution in [1.82, 2.24) is 15.3 Å². The molecular formula is C13H21N3. The van der Waals surface area contributed by atoms with Gasteiger partial charge in [-0.1, -0.05) is 25.7 Å². The van der Waals surface area contributed by atoms with Crippen molar-refractivity contribution < 1.29 is 0 Å². The standard InChI is InChI=1S/C13H21N3/c1-11-8-15-13(9-14-11)10-16-12-6-4-2-3-5-7-12/h8-9,12,16H,2-7,10H2,1H3. The summed E-state index contributed by atoms with van der Waals surface area (Å²) in [4.78, 5) is 8.62. The van der Waals surface area contributed by atoms with Crippen molar-refractivity contribution in [2.75, 3.05) is 0 Å². The van der Waals surface area contributed by atoms with Gasteiger partial charge in [-0.3, -0.25) is 9.97 Å². The predicted octanol–water partition coefficient (Wildman–Crippen LogP) is 2.60. The van der Waals surface area contributed by atoms with Crippen LogP contribution in [0.15, 0.2) is 12.4 Å². The first-order valence-electron chi connectivity index (χ1n) is 6.35. The van der Waals surface area contributed by atoms with Gasteiger partial charge in [0.25, 0.3) is 0 Å². The molecule has 0 unspecified atom stereocenters. The SMILES string of the molecule is Cc1cnc(CNC2CCCCCC2)cn1. The van der Waals surface area contributed by atoms with Crippen molar-refractivity contribution in [2.45, 2.75) is 58.0 Å². The molecule has 0 aliphatic heterocycles. The fraction of sp³-hybridized carbons (Fsp3) is 0.692. The maximum atomic E-state index is 4.36. The summed E-state index contributed by atoms with van der Waals surface area (Å²) in [6.07, 6.45) is 11.9. The first-order chi connectivity index (χ1) is 7.84. The van der Waals surface area contributed by atoms with Gasteiger partial charge in [0, 0.05) is 25.0 Å². The number of nitrogens with one attached hydrogen (secondary N) is 1. The quantitative estimate of drug-likeness (QED) is 0.794. The molecule has 0 radical (unpaired) electrons. The van der Waals surface area contributed by atoms with E-state index in [0.717, 1.165) is 17.9 Å². The number of aromatic nitrogens is 2. The van der Waals surface area contributed by atoms with Gasteiger partial charge in [0.15, 0.2) is 0 Å². The van der Waals surface area contributed by atoms with Crippen molar-refractivity contribution in [3.8, 4) is 0 Å². The van der Waals surface area contributed by atoms with E-state index in [4.69, 9.17) is 0 Å². The minimum atomic E-state index is 0.686. The van der Waals surface area contributed by atoms with E-state index in [2.05, 4.69) is 15.3 Å². The topological polar surface area (TPSA) is 37.8 Å².